The zero-order valence-electron chi connectivity index (χ0n) is 10.8. The maximum Gasteiger partial charge on any atom is 0.308 e. The molecule has 1 atom stereocenters. The molecule has 2 rings (SSSR count). The number of aliphatic carboxylic acids is 1. The van der Waals surface area contributed by atoms with E-state index in [0.29, 0.717) is 23.7 Å². The molecule has 6 heteroatoms. The lowest BCUT2D eigenvalue weighted by Crippen LogP contribution is -2.31. The van der Waals surface area contributed by atoms with E-state index < -0.39 is 11.9 Å². The summed E-state index contributed by atoms with van der Waals surface area (Å²) < 4.78 is 1.83. The van der Waals surface area contributed by atoms with Crippen molar-refractivity contribution in [1.82, 2.24) is 9.47 Å². The summed E-state index contributed by atoms with van der Waals surface area (Å²) >= 11 is 5.95. The number of nitrogens with zero attached hydrogens (tertiary/aromatic N) is 2. The molecule has 1 N–H and O–H groups in total. The van der Waals surface area contributed by atoms with E-state index in [1.807, 2.05) is 11.5 Å². The van der Waals surface area contributed by atoms with Crippen LogP contribution in [0.1, 0.15) is 30.3 Å². The molecule has 5 nitrogen and oxygen atoms in total. The van der Waals surface area contributed by atoms with Gasteiger partial charge in [0.2, 0.25) is 0 Å². The Morgan fingerprint density at radius 2 is 2.26 bits per heavy atom. The average molecular weight is 285 g/mol. The van der Waals surface area contributed by atoms with Crippen molar-refractivity contribution in [2.24, 2.45) is 5.92 Å². The number of carbonyl (C=O) groups is 2. The smallest absolute Gasteiger partial charge is 0.308 e. The van der Waals surface area contributed by atoms with Gasteiger partial charge in [-0.25, -0.2) is 0 Å². The van der Waals surface area contributed by atoms with E-state index in [4.69, 9.17) is 16.7 Å². The number of carboxylic acids is 1. The lowest BCUT2D eigenvalue weighted by Gasteiger charge is -2.17. The lowest BCUT2D eigenvalue weighted by molar-refractivity contribution is -0.141. The first-order valence-electron chi connectivity index (χ1n) is 6.40. The van der Waals surface area contributed by atoms with Crippen LogP contribution in [-0.2, 0) is 11.3 Å². The highest BCUT2D eigenvalue weighted by Crippen LogP contribution is 2.21. The first-order valence-corrected chi connectivity index (χ1v) is 6.78. The van der Waals surface area contributed by atoms with Gasteiger partial charge in [-0.05, 0) is 18.9 Å². The molecule has 0 bridgehead atoms. The third-order valence-corrected chi connectivity index (χ3v) is 3.58. The van der Waals surface area contributed by atoms with E-state index in [0.717, 1.165) is 13.0 Å². The van der Waals surface area contributed by atoms with Gasteiger partial charge in [0, 0.05) is 25.8 Å². The van der Waals surface area contributed by atoms with Crippen molar-refractivity contribution >= 4 is 23.5 Å². The van der Waals surface area contributed by atoms with Gasteiger partial charge in [-0.1, -0.05) is 18.5 Å². The van der Waals surface area contributed by atoms with Gasteiger partial charge < -0.3 is 14.6 Å². The Balaban J connectivity index is 2.14. The molecule has 1 amide bonds. The number of rotatable bonds is 4. The Hall–Kier alpha value is -1.49. The number of carboxylic acid groups (broad SMARTS) is 1. The van der Waals surface area contributed by atoms with Crippen molar-refractivity contribution in [3.8, 4) is 0 Å². The molecular weight excluding hydrogens is 268 g/mol. The van der Waals surface area contributed by atoms with Gasteiger partial charge in [0.05, 0.1) is 10.9 Å². The van der Waals surface area contributed by atoms with Gasteiger partial charge in [-0.3, -0.25) is 9.59 Å². The van der Waals surface area contributed by atoms with Crippen LogP contribution in [0.2, 0.25) is 5.02 Å². The van der Waals surface area contributed by atoms with Gasteiger partial charge in [0.25, 0.3) is 5.91 Å². The van der Waals surface area contributed by atoms with Crippen molar-refractivity contribution in [1.29, 1.82) is 0 Å². The molecule has 1 saturated heterocycles. The molecule has 1 aromatic rings. The first-order chi connectivity index (χ1) is 9.02. The highest BCUT2D eigenvalue weighted by Gasteiger charge is 2.32. The van der Waals surface area contributed by atoms with Crippen LogP contribution in [-0.4, -0.2) is 39.5 Å². The number of halogens is 1. The molecule has 1 fully saturated rings. The second-order valence-corrected chi connectivity index (χ2v) is 5.25. The van der Waals surface area contributed by atoms with Gasteiger partial charge in [-0.2, -0.15) is 0 Å². The summed E-state index contributed by atoms with van der Waals surface area (Å²) in [6.07, 6.45) is 3.16. The molecule has 1 aromatic heterocycles. The van der Waals surface area contributed by atoms with Crippen LogP contribution < -0.4 is 0 Å². The molecule has 0 radical (unpaired) electrons. The van der Waals surface area contributed by atoms with Crippen LogP contribution >= 0.6 is 11.6 Å². The fraction of sp³-hybridized carbons (Fsp3) is 0.538. The largest absolute Gasteiger partial charge is 0.481 e. The molecule has 0 saturated carbocycles. The molecule has 2 heterocycles. The number of aryl methyl sites for hydroxylation is 1. The number of aromatic nitrogens is 1. The maximum absolute atomic E-state index is 12.4. The lowest BCUT2D eigenvalue weighted by atomic mass is 10.1. The molecule has 1 aliphatic rings. The molecule has 1 unspecified atom stereocenters. The second kappa shape index (κ2) is 5.65. The Kier molecular flexibility index (Phi) is 4.14. The minimum absolute atomic E-state index is 0.135. The Bertz CT molecular complexity index is 498. The zero-order chi connectivity index (χ0) is 14.0. The van der Waals surface area contributed by atoms with E-state index in [-0.39, 0.29) is 12.5 Å². The van der Waals surface area contributed by atoms with E-state index in [9.17, 15) is 9.59 Å². The summed E-state index contributed by atoms with van der Waals surface area (Å²) in [7, 11) is 0. The van der Waals surface area contributed by atoms with E-state index in [1.54, 1.807) is 17.2 Å². The van der Waals surface area contributed by atoms with E-state index >= 15 is 0 Å². The molecule has 0 aliphatic carbocycles. The average Bonchev–Trinajstić information content (AvgIpc) is 2.95. The van der Waals surface area contributed by atoms with Crippen molar-refractivity contribution in [2.75, 3.05) is 13.1 Å². The predicted octanol–water partition coefficient (Wildman–Crippen LogP) is 2.10. The van der Waals surface area contributed by atoms with Crippen LogP contribution in [0, 0.1) is 5.92 Å². The topological polar surface area (TPSA) is 62.5 Å². The Morgan fingerprint density at radius 3 is 2.84 bits per heavy atom. The second-order valence-electron chi connectivity index (χ2n) is 4.81. The molecular formula is C13H17ClN2O3. The standard InChI is InChI=1S/C13H17ClN2O3/c1-2-4-15-8-10(14)6-11(15)12(17)16-5-3-9(7-16)13(18)19/h6,8-9H,2-5,7H2,1H3,(H,18,19). The van der Waals surface area contributed by atoms with Gasteiger partial charge in [-0.15, -0.1) is 0 Å². The quantitative estimate of drug-likeness (QED) is 0.921. The minimum Gasteiger partial charge on any atom is -0.481 e. The van der Waals surface area contributed by atoms with Crippen LogP contribution in [0.4, 0.5) is 0 Å². The van der Waals surface area contributed by atoms with Gasteiger partial charge >= 0.3 is 5.97 Å². The minimum atomic E-state index is -0.836. The zero-order valence-corrected chi connectivity index (χ0v) is 11.6. The van der Waals surface area contributed by atoms with Gasteiger partial charge in [0.15, 0.2) is 0 Å². The number of likely N-dealkylation sites (tertiary alicyclic amines) is 1. The van der Waals surface area contributed by atoms with Crippen molar-refractivity contribution in [3.63, 3.8) is 0 Å². The van der Waals surface area contributed by atoms with E-state index in [1.165, 1.54) is 0 Å². The first kappa shape index (κ1) is 13.9. The molecule has 19 heavy (non-hydrogen) atoms. The summed E-state index contributed by atoms with van der Waals surface area (Å²) in [5.41, 5.74) is 0.540. The SMILES string of the molecule is CCCn1cc(Cl)cc1C(=O)N1CCC(C(=O)O)C1. The number of carbonyl (C=O) groups excluding carboxylic acids is 1. The summed E-state index contributed by atoms with van der Waals surface area (Å²) in [6, 6.07) is 1.65. The number of amides is 1. The van der Waals surface area contributed by atoms with Crippen molar-refractivity contribution in [2.45, 2.75) is 26.3 Å². The monoisotopic (exact) mass is 284 g/mol. The highest BCUT2D eigenvalue weighted by molar-refractivity contribution is 6.31. The fourth-order valence-corrected chi connectivity index (χ4v) is 2.61. The van der Waals surface area contributed by atoms with Crippen LogP contribution in [0.5, 0.6) is 0 Å². The Morgan fingerprint density at radius 1 is 1.53 bits per heavy atom. The number of hydrogen-bond acceptors (Lipinski definition) is 2. The maximum atomic E-state index is 12.4. The molecule has 0 spiro atoms. The normalized spacial score (nSPS) is 18.8. The van der Waals surface area contributed by atoms with Crippen molar-refractivity contribution < 1.29 is 14.7 Å². The predicted molar refractivity (Wildman–Crippen MR) is 71.4 cm³/mol. The van der Waals surface area contributed by atoms with Crippen LogP contribution in [0.3, 0.4) is 0 Å². The fourth-order valence-electron chi connectivity index (χ4n) is 2.39. The molecule has 0 aromatic carbocycles. The van der Waals surface area contributed by atoms with E-state index in [2.05, 4.69) is 0 Å². The highest BCUT2D eigenvalue weighted by atomic mass is 35.5. The third kappa shape index (κ3) is 2.92. The molecule has 104 valence electrons. The van der Waals surface area contributed by atoms with Crippen LogP contribution in [0.15, 0.2) is 12.3 Å². The Labute approximate surface area is 116 Å². The molecule has 1 aliphatic heterocycles. The summed E-state index contributed by atoms with van der Waals surface area (Å²) in [5.74, 6) is -1.42. The summed E-state index contributed by atoms with van der Waals surface area (Å²) in [4.78, 5) is 24.9. The number of hydrogen-bond donors (Lipinski definition) is 1. The summed E-state index contributed by atoms with van der Waals surface area (Å²) in [6.45, 7) is 3.52. The van der Waals surface area contributed by atoms with Gasteiger partial charge in [0.1, 0.15) is 5.69 Å². The van der Waals surface area contributed by atoms with Crippen LogP contribution in [0.25, 0.3) is 0 Å². The summed E-state index contributed by atoms with van der Waals surface area (Å²) in [5, 5.41) is 9.50. The van der Waals surface area contributed by atoms with Crippen molar-refractivity contribution in [3.05, 3.63) is 23.0 Å². The third-order valence-electron chi connectivity index (χ3n) is 3.37.